The third-order valence-corrected chi connectivity index (χ3v) is 2.51. The summed E-state index contributed by atoms with van der Waals surface area (Å²) in [5.74, 6) is -0.587. The first-order valence-electron chi connectivity index (χ1n) is 5.81. The van der Waals surface area contributed by atoms with Gasteiger partial charge < -0.3 is 10.4 Å². The summed E-state index contributed by atoms with van der Waals surface area (Å²) in [6.45, 7) is 1.94. The predicted octanol–water partition coefficient (Wildman–Crippen LogP) is 3.23. The number of carboxylic acids is 1. The summed E-state index contributed by atoms with van der Waals surface area (Å²) in [4.78, 5) is 14.8. The van der Waals surface area contributed by atoms with Gasteiger partial charge in [-0.05, 0) is 31.9 Å². The first-order valence-corrected chi connectivity index (χ1v) is 5.81. The molecular formula is C12H15F3N2O2. The number of nitrogens with zero attached hydrogens (tertiary/aromatic N) is 1. The van der Waals surface area contributed by atoms with Gasteiger partial charge in [-0.15, -0.1) is 0 Å². The number of alkyl halides is 3. The van der Waals surface area contributed by atoms with Crippen LogP contribution in [0.2, 0.25) is 0 Å². The third kappa shape index (κ3) is 5.58. The first kappa shape index (κ1) is 15.3. The summed E-state index contributed by atoms with van der Waals surface area (Å²) in [6.07, 6.45) is -4.47. The van der Waals surface area contributed by atoms with Gasteiger partial charge in [0.15, 0.2) is 0 Å². The molecule has 0 aliphatic rings. The Labute approximate surface area is 108 Å². The second kappa shape index (κ2) is 6.40. The van der Waals surface area contributed by atoms with E-state index in [2.05, 4.69) is 10.3 Å². The van der Waals surface area contributed by atoms with E-state index in [1.807, 2.05) is 0 Å². The molecule has 0 aliphatic carbocycles. The van der Waals surface area contributed by atoms with E-state index in [0.29, 0.717) is 24.5 Å². The monoisotopic (exact) mass is 276 g/mol. The summed E-state index contributed by atoms with van der Waals surface area (Å²) in [6, 6.07) is 2.92. The Balaban J connectivity index is 2.38. The van der Waals surface area contributed by atoms with Gasteiger partial charge in [0.2, 0.25) is 0 Å². The number of hydrogen-bond donors (Lipinski definition) is 2. The predicted molar refractivity (Wildman–Crippen MR) is 64.3 cm³/mol. The maximum atomic E-state index is 11.9. The zero-order valence-electron chi connectivity index (χ0n) is 10.4. The van der Waals surface area contributed by atoms with Gasteiger partial charge in [-0.3, -0.25) is 0 Å². The SMILES string of the molecule is Cc1nc(NCCCCC(F)(F)F)ccc1C(=O)O. The number of unbranched alkanes of at least 4 members (excludes halogenated alkanes) is 1. The number of pyridine rings is 1. The van der Waals surface area contributed by atoms with Crippen LogP contribution < -0.4 is 5.32 Å². The molecule has 4 nitrogen and oxygen atoms in total. The molecule has 0 aliphatic heterocycles. The van der Waals surface area contributed by atoms with E-state index in [-0.39, 0.29) is 12.0 Å². The minimum atomic E-state index is -4.11. The number of carbonyl (C=O) groups is 1. The molecule has 0 bridgehead atoms. The normalized spacial score (nSPS) is 11.4. The highest BCUT2D eigenvalue weighted by atomic mass is 19.4. The van der Waals surface area contributed by atoms with Crippen molar-refractivity contribution in [2.75, 3.05) is 11.9 Å². The molecule has 1 heterocycles. The molecule has 1 aromatic rings. The van der Waals surface area contributed by atoms with Crippen LogP contribution in [0.4, 0.5) is 19.0 Å². The van der Waals surface area contributed by atoms with E-state index >= 15 is 0 Å². The maximum absolute atomic E-state index is 11.9. The van der Waals surface area contributed by atoms with Crippen LogP contribution in [0.5, 0.6) is 0 Å². The maximum Gasteiger partial charge on any atom is 0.389 e. The molecule has 0 saturated heterocycles. The molecule has 0 saturated carbocycles. The van der Waals surface area contributed by atoms with Gasteiger partial charge in [-0.2, -0.15) is 13.2 Å². The van der Waals surface area contributed by atoms with Gasteiger partial charge in [0.05, 0.1) is 11.3 Å². The summed E-state index contributed by atoms with van der Waals surface area (Å²) >= 11 is 0. The third-order valence-electron chi connectivity index (χ3n) is 2.51. The topological polar surface area (TPSA) is 62.2 Å². The average molecular weight is 276 g/mol. The van der Waals surface area contributed by atoms with Gasteiger partial charge in [-0.25, -0.2) is 9.78 Å². The summed E-state index contributed by atoms with van der Waals surface area (Å²) in [5.41, 5.74) is 0.482. The fourth-order valence-corrected chi connectivity index (χ4v) is 1.55. The Morgan fingerprint density at radius 2 is 2.05 bits per heavy atom. The molecule has 0 aromatic carbocycles. The number of halogens is 3. The van der Waals surface area contributed by atoms with Crippen LogP contribution in [0.3, 0.4) is 0 Å². The molecule has 0 radical (unpaired) electrons. The second-order valence-corrected chi connectivity index (χ2v) is 4.13. The van der Waals surface area contributed by atoms with E-state index in [0.717, 1.165) is 0 Å². The van der Waals surface area contributed by atoms with E-state index in [9.17, 15) is 18.0 Å². The fourth-order valence-electron chi connectivity index (χ4n) is 1.55. The number of carboxylic acid groups (broad SMARTS) is 1. The van der Waals surface area contributed by atoms with Gasteiger partial charge >= 0.3 is 12.1 Å². The standard InChI is InChI=1S/C12H15F3N2O2/c1-8-9(11(18)19)4-5-10(17-8)16-7-3-2-6-12(13,14)15/h4-5H,2-3,6-7H2,1H3,(H,16,17)(H,18,19). The minimum absolute atomic E-state index is 0.0582. The minimum Gasteiger partial charge on any atom is -0.478 e. The number of anilines is 1. The van der Waals surface area contributed by atoms with Crippen molar-refractivity contribution < 1.29 is 23.1 Å². The van der Waals surface area contributed by atoms with Crippen molar-refractivity contribution in [3.05, 3.63) is 23.4 Å². The van der Waals surface area contributed by atoms with Crippen LogP contribution in [-0.2, 0) is 0 Å². The van der Waals surface area contributed by atoms with Crippen LogP contribution in [0.1, 0.15) is 35.3 Å². The quantitative estimate of drug-likeness (QED) is 0.783. The Morgan fingerprint density at radius 3 is 2.58 bits per heavy atom. The highest BCUT2D eigenvalue weighted by molar-refractivity contribution is 5.89. The van der Waals surface area contributed by atoms with Crippen LogP contribution in [-0.4, -0.2) is 28.8 Å². The summed E-state index contributed by atoms with van der Waals surface area (Å²) in [5, 5.41) is 11.7. The average Bonchev–Trinajstić information content (AvgIpc) is 2.26. The molecule has 0 spiro atoms. The van der Waals surface area contributed by atoms with Crippen molar-refractivity contribution in [2.45, 2.75) is 32.4 Å². The van der Waals surface area contributed by atoms with Crippen LogP contribution >= 0.6 is 0 Å². The molecular weight excluding hydrogens is 261 g/mol. The largest absolute Gasteiger partial charge is 0.478 e. The highest BCUT2D eigenvalue weighted by Crippen LogP contribution is 2.22. The molecule has 0 amide bonds. The van der Waals surface area contributed by atoms with E-state index in [4.69, 9.17) is 5.11 Å². The Morgan fingerprint density at radius 1 is 1.37 bits per heavy atom. The molecule has 1 rings (SSSR count). The lowest BCUT2D eigenvalue weighted by molar-refractivity contribution is -0.135. The van der Waals surface area contributed by atoms with E-state index in [1.54, 1.807) is 6.92 Å². The number of nitrogens with one attached hydrogen (secondary N) is 1. The Kier molecular flexibility index (Phi) is 5.14. The molecule has 0 fully saturated rings. The number of hydrogen-bond acceptors (Lipinski definition) is 3. The van der Waals surface area contributed by atoms with Crippen molar-refractivity contribution in [1.82, 2.24) is 4.98 Å². The lowest BCUT2D eigenvalue weighted by atomic mass is 10.2. The van der Waals surface area contributed by atoms with Gasteiger partial charge in [-0.1, -0.05) is 0 Å². The molecule has 2 N–H and O–H groups in total. The smallest absolute Gasteiger partial charge is 0.389 e. The Bertz CT molecular complexity index is 447. The van der Waals surface area contributed by atoms with E-state index < -0.39 is 18.6 Å². The lowest BCUT2D eigenvalue weighted by Crippen LogP contribution is -2.10. The number of aromatic carboxylic acids is 1. The van der Waals surface area contributed by atoms with Crippen molar-refractivity contribution in [2.24, 2.45) is 0 Å². The molecule has 0 unspecified atom stereocenters. The van der Waals surface area contributed by atoms with Crippen LogP contribution in [0, 0.1) is 6.92 Å². The van der Waals surface area contributed by atoms with Gasteiger partial charge in [0.1, 0.15) is 5.82 Å². The molecule has 7 heteroatoms. The number of aromatic nitrogens is 1. The zero-order valence-corrected chi connectivity index (χ0v) is 10.4. The summed E-state index contributed by atoms with van der Waals surface area (Å²) < 4.78 is 35.7. The fraction of sp³-hybridized carbons (Fsp3) is 0.500. The van der Waals surface area contributed by atoms with Crippen molar-refractivity contribution in [1.29, 1.82) is 0 Å². The second-order valence-electron chi connectivity index (χ2n) is 4.13. The first-order chi connectivity index (χ1) is 8.79. The number of rotatable bonds is 6. The molecule has 1 aromatic heterocycles. The molecule has 19 heavy (non-hydrogen) atoms. The van der Waals surface area contributed by atoms with E-state index in [1.165, 1.54) is 12.1 Å². The van der Waals surface area contributed by atoms with Crippen molar-refractivity contribution >= 4 is 11.8 Å². The molecule has 0 atom stereocenters. The van der Waals surface area contributed by atoms with Crippen molar-refractivity contribution in [3.63, 3.8) is 0 Å². The zero-order chi connectivity index (χ0) is 14.5. The molecule has 106 valence electrons. The van der Waals surface area contributed by atoms with Gasteiger partial charge in [0.25, 0.3) is 0 Å². The lowest BCUT2D eigenvalue weighted by Gasteiger charge is -2.08. The van der Waals surface area contributed by atoms with Crippen molar-refractivity contribution in [3.8, 4) is 0 Å². The van der Waals surface area contributed by atoms with Gasteiger partial charge in [0, 0.05) is 13.0 Å². The Hall–Kier alpha value is -1.79. The number of aryl methyl sites for hydroxylation is 1. The summed E-state index contributed by atoms with van der Waals surface area (Å²) in [7, 11) is 0. The van der Waals surface area contributed by atoms with Crippen LogP contribution in [0.15, 0.2) is 12.1 Å². The highest BCUT2D eigenvalue weighted by Gasteiger charge is 2.25. The van der Waals surface area contributed by atoms with Crippen LogP contribution in [0.25, 0.3) is 0 Å².